The summed E-state index contributed by atoms with van der Waals surface area (Å²) in [5.41, 5.74) is 1.08. The SMILES string of the molecule is COCCNC(=O)CSCc1cc(Br)ccc1OC. The predicted octanol–water partition coefficient (Wildman–Crippen LogP) is 2.45. The lowest BCUT2D eigenvalue weighted by Gasteiger charge is -2.09. The maximum absolute atomic E-state index is 11.5. The molecule has 0 heterocycles. The molecule has 0 atom stereocenters. The van der Waals surface area contributed by atoms with E-state index in [1.807, 2.05) is 18.2 Å². The fraction of sp³-hybridized carbons (Fsp3) is 0.462. The van der Waals surface area contributed by atoms with Crippen LogP contribution in [0.3, 0.4) is 0 Å². The van der Waals surface area contributed by atoms with E-state index in [9.17, 15) is 4.79 Å². The number of carbonyl (C=O) groups is 1. The summed E-state index contributed by atoms with van der Waals surface area (Å²) in [4.78, 5) is 11.5. The van der Waals surface area contributed by atoms with Gasteiger partial charge in [-0.3, -0.25) is 4.79 Å². The fourth-order valence-corrected chi connectivity index (χ4v) is 2.70. The van der Waals surface area contributed by atoms with Crippen LogP contribution in [-0.4, -0.2) is 39.0 Å². The van der Waals surface area contributed by atoms with Gasteiger partial charge in [0.1, 0.15) is 5.75 Å². The number of methoxy groups -OCH3 is 2. The Morgan fingerprint density at radius 2 is 2.21 bits per heavy atom. The number of nitrogens with one attached hydrogen (secondary N) is 1. The van der Waals surface area contributed by atoms with Crippen LogP contribution in [0, 0.1) is 0 Å². The van der Waals surface area contributed by atoms with E-state index in [1.54, 1.807) is 26.0 Å². The second kappa shape index (κ2) is 9.23. The van der Waals surface area contributed by atoms with Gasteiger partial charge in [-0.2, -0.15) is 0 Å². The number of hydrogen-bond donors (Lipinski definition) is 1. The Kier molecular flexibility index (Phi) is 7.93. The highest BCUT2D eigenvalue weighted by Crippen LogP contribution is 2.26. The third kappa shape index (κ3) is 6.31. The smallest absolute Gasteiger partial charge is 0.230 e. The van der Waals surface area contributed by atoms with Crippen LogP contribution < -0.4 is 10.1 Å². The number of ether oxygens (including phenoxy) is 2. The Morgan fingerprint density at radius 3 is 2.89 bits per heavy atom. The number of halogens is 1. The van der Waals surface area contributed by atoms with E-state index >= 15 is 0 Å². The maximum atomic E-state index is 11.5. The van der Waals surface area contributed by atoms with Crippen molar-refractivity contribution < 1.29 is 14.3 Å². The van der Waals surface area contributed by atoms with Crippen molar-refractivity contribution in [2.24, 2.45) is 0 Å². The van der Waals surface area contributed by atoms with Gasteiger partial charge < -0.3 is 14.8 Å². The third-order valence-corrected chi connectivity index (χ3v) is 3.84. The summed E-state index contributed by atoms with van der Waals surface area (Å²) < 4.78 is 11.2. The van der Waals surface area contributed by atoms with Crippen LogP contribution in [0.1, 0.15) is 5.56 Å². The van der Waals surface area contributed by atoms with E-state index < -0.39 is 0 Å². The lowest BCUT2D eigenvalue weighted by Crippen LogP contribution is -2.28. The van der Waals surface area contributed by atoms with Gasteiger partial charge in [0.15, 0.2) is 0 Å². The van der Waals surface area contributed by atoms with Crippen molar-refractivity contribution in [2.45, 2.75) is 5.75 Å². The molecule has 106 valence electrons. The first-order valence-corrected chi connectivity index (χ1v) is 7.78. The van der Waals surface area contributed by atoms with E-state index in [0.29, 0.717) is 18.9 Å². The second-order valence-corrected chi connectivity index (χ2v) is 5.69. The molecular weight excluding hydrogens is 330 g/mol. The van der Waals surface area contributed by atoms with Gasteiger partial charge in [-0.25, -0.2) is 0 Å². The number of hydrogen-bond acceptors (Lipinski definition) is 4. The first-order chi connectivity index (χ1) is 9.17. The lowest BCUT2D eigenvalue weighted by molar-refractivity contribution is -0.118. The van der Waals surface area contributed by atoms with Crippen molar-refractivity contribution in [3.05, 3.63) is 28.2 Å². The highest BCUT2D eigenvalue weighted by Gasteiger charge is 2.06. The molecular formula is C13H18BrNO3S. The van der Waals surface area contributed by atoms with E-state index in [0.717, 1.165) is 21.5 Å². The Hall–Kier alpha value is -0.720. The van der Waals surface area contributed by atoms with Crippen LogP contribution in [0.5, 0.6) is 5.75 Å². The summed E-state index contributed by atoms with van der Waals surface area (Å²) in [7, 11) is 3.26. The Bertz CT molecular complexity index is 415. The normalized spacial score (nSPS) is 10.3. The van der Waals surface area contributed by atoms with Crippen LogP contribution in [-0.2, 0) is 15.3 Å². The average molecular weight is 348 g/mol. The minimum absolute atomic E-state index is 0.0241. The van der Waals surface area contributed by atoms with Gasteiger partial charge in [0.2, 0.25) is 5.91 Å². The molecule has 0 spiro atoms. The van der Waals surface area contributed by atoms with Gasteiger partial charge in [0.25, 0.3) is 0 Å². The topological polar surface area (TPSA) is 47.6 Å². The molecule has 1 N–H and O–H groups in total. The number of amides is 1. The molecule has 0 saturated carbocycles. The molecule has 1 aromatic rings. The van der Waals surface area contributed by atoms with Crippen molar-refractivity contribution in [1.29, 1.82) is 0 Å². The Balaban J connectivity index is 2.36. The van der Waals surface area contributed by atoms with Gasteiger partial charge in [-0.15, -0.1) is 11.8 Å². The first-order valence-electron chi connectivity index (χ1n) is 5.83. The van der Waals surface area contributed by atoms with Gasteiger partial charge in [-0.1, -0.05) is 15.9 Å². The van der Waals surface area contributed by atoms with Crippen molar-refractivity contribution in [1.82, 2.24) is 5.32 Å². The van der Waals surface area contributed by atoms with E-state index in [4.69, 9.17) is 9.47 Å². The molecule has 0 aromatic heterocycles. The van der Waals surface area contributed by atoms with Crippen molar-refractivity contribution >= 4 is 33.6 Å². The molecule has 0 aliphatic heterocycles. The molecule has 0 unspecified atom stereocenters. The summed E-state index contributed by atoms with van der Waals surface area (Å²) in [5.74, 6) is 2.03. The summed E-state index contributed by atoms with van der Waals surface area (Å²) in [5, 5.41) is 2.78. The van der Waals surface area contributed by atoms with E-state index in [1.165, 1.54) is 0 Å². The monoisotopic (exact) mass is 347 g/mol. The predicted molar refractivity (Wildman–Crippen MR) is 81.7 cm³/mol. The summed E-state index contributed by atoms with van der Waals surface area (Å²) in [6.07, 6.45) is 0. The molecule has 0 fully saturated rings. The number of rotatable bonds is 8. The number of thioether (sulfide) groups is 1. The molecule has 0 saturated heterocycles. The molecule has 0 aliphatic carbocycles. The molecule has 1 aromatic carbocycles. The number of carbonyl (C=O) groups excluding carboxylic acids is 1. The second-order valence-electron chi connectivity index (χ2n) is 3.79. The van der Waals surface area contributed by atoms with Crippen LogP contribution in [0.4, 0.5) is 0 Å². The van der Waals surface area contributed by atoms with Crippen LogP contribution in [0.25, 0.3) is 0 Å². The summed E-state index contributed by atoms with van der Waals surface area (Å²) in [6.45, 7) is 1.09. The molecule has 19 heavy (non-hydrogen) atoms. The summed E-state index contributed by atoms with van der Waals surface area (Å²) in [6, 6.07) is 5.86. The van der Waals surface area contributed by atoms with E-state index in [-0.39, 0.29) is 5.91 Å². The highest BCUT2D eigenvalue weighted by molar-refractivity contribution is 9.10. The van der Waals surface area contributed by atoms with Gasteiger partial charge in [0.05, 0.1) is 19.5 Å². The minimum Gasteiger partial charge on any atom is -0.496 e. The van der Waals surface area contributed by atoms with Crippen molar-refractivity contribution in [3.8, 4) is 5.75 Å². The molecule has 0 aliphatic rings. The lowest BCUT2D eigenvalue weighted by atomic mass is 10.2. The third-order valence-electron chi connectivity index (χ3n) is 2.36. The fourth-order valence-electron chi connectivity index (χ4n) is 1.46. The molecule has 6 heteroatoms. The zero-order valence-corrected chi connectivity index (χ0v) is 13.5. The van der Waals surface area contributed by atoms with Crippen LogP contribution in [0.15, 0.2) is 22.7 Å². The average Bonchev–Trinajstić information content (AvgIpc) is 2.39. The van der Waals surface area contributed by atoms with Crippen molar-refractivity contribution in [3.63, 3.8) is 0 Å². The Labute approximate surface area is 126 Å². The van der Waals surface area contributed by atoms with E-state index in [2.05, 4.69) is 21.2 Å². The molecule has 1 amide bonds. The first kappa shape index (κ1) is 16.3. The quantitative estimate of drug-likeness (QED) is 0.733. The highest BCUT2D eigenvalue weighted by atomic mass is 79.9. The molecule has 0 bridgehead atoms. The van der Waals surface area contributed by atoms with Gasteiger partial charge in [-0.05, 0) is 18.2 Å². The maximum Gasteiger partial charge on any atom is 0.230 e. The Morgan fingerprint density at radius 1 is 1.42 bits per heavy atom. The zero-order chi connectivity index (χ0) is 14.1. The zero-order valence-electron chi connectivity index (χ0n) is 11.1. The van der Waals surface area contributed by atoms with Gasteiger partial charge >= 0.3 is 0 Å². The van der Waals surface area contributed by atoms with Crippen LogP contribution >= 0.6 is 27.7 Å². The largest absolute Gasteiger partial charge is 0.496 e. The molecule has 1 rings (SSSR count). The van der Waals surface area contributed by atoms with Gasteiger partial charge in [0, 0.05) is 29.4 Å². The van der Waals surface area contributed by atoms with Crippen molar-refractivity contribution in [2.75, 3.05) is 33.1 Å². The number of benzene rings is 1. The minimum atomic E-state index is 0.0241. The molecule has 0 radical (unpaired) electrons. The van der Waals surface area contributed by atoms with Crippen LogP contribution in [0.2, 0.25) is 0 Å². The molecule has 4 nitrogen and oxygen atoms in total. The summed E-state index contributed by atoms with van der Waals surface area (Å²) >= 11 is 4.99. The standard InChI is InChI=1S/C13H18BrNO3S/c1-17-6-5-15-13(16)9-19-8-10-7-11(14)3-4-12(10)18-2/h3-4,7H,5-6,8-9H2,1-2H3,(H,15,16).